The number of aliphatic hydroxyl groups is 1. The fraction of sp³-hybridized carbons (Fsp3) is 0.385. The van der Waals surface area contributed by atoms with Crippen LogP contribution in [0, 0.1) is 0 Å². The number of ether oxygens (including phenoxy) is 1. The lowest BCUT2D eigenvalue weighted by Gasteiger charge is -2.27. The Balaban J connectivity index is 2.23. The zero-order valence-electron chi connectivity index (χ0n) is 10.8. The number of benzene rings is 1. The number of hydrogen-bond acceptors (Lipinski definition) is 5. The molecule has 0 saturated heterocycles. The maximum absolute atomic E-state index is 11.5. The first-order valence-corrected chi connectivity index (χ1v) is 6.88. The summed E-state index contributed by atoms with van der Waals surface area (Å²) in [6, 6.07) is 9.06. The van der Waals surface area contributed by atoms with Crippen LogP contribution in [-0.2, 0) is 10.5 Å². The third kappa shape index (κ3) is 2.90. The van der Waals surface area contributed by atoms with Gasteiger partial charge in [-0.25, -0.2) is 9.79 Å². The molecule has 1 heterocycles. The Bertz CT molecular complexity index is 492. The molecule has 0 aromatic heterocycles. The van der Waals surface area contributed by atoms with Gasteiger partial charge >= 0.3 is 6.09 Å². The van der Waals surface area contributed by atoms with E-state index in [9.17, 15) is 9.90 Å². The third-order valence-electron chi connectivity index (χ3n) is 2.70. The van der Waals surface area contributed by atoms with E-state index in [1.807, 2.05) is 18.2 Å². The molecule has 2 rings (SSSR count). The van der Waals surface area contributed by atoms with Crippen molar-refractivity contribution in [3.05, 3.63) is 35.9 Å². The fourth-order valence-electron chi connectivity index (χ4n) is 1.89. The first-order chi connectivity index (χ1) is 9.06. The van der Waals surface area contributed by atoms with Gasteiger partial charge in [0.15, 0.2) is 0 Å². The van der Waals surface area contributed by atoms with Gasteiger partial charge in [0, 0.05) is 5.56 Å². The van der Waals surface area contributed by atoms with E-state index in [1.165, 1.54) is 11.8 Å². The molecule has 2 atom stereocenters. The summed E-state index contributed by atoms with van der Waals surface area (Å²) >= 11 is 1.31. The van der Waals surface area contributed by atoms with E-state index in [0.29, 0.717) is 10.6 Å². The maximum atomic E-state index is 11.5. The molecule has 0 aliphatic carbocycles. The second-order valence-electron chi connectivity index (χ2n) is 4.09. The average Bonchev–Trinajstić information content (AvgIpc) is 2.67. The molecule has 0 unspecified atom stereocenters. The number of rotatable bonds is 3. The van der Waals surface area contributed by atoms with Crippen LogP contribution in [0.25, 0.3) is 0 Å². The monoisotopic (exact) mass is 280 g/mol. The molecule has 1 aliphatic heterocycles. The van der Waals surface area contributed by atoms with E-state index in [0.717, 1.165) is 0 Å². The Hall–Kier alpha value is -1.53. The summed E-state index contributed by atoms with van der Waals surface area (Å²) in [6.07, 6.45) is -0.556. The van der Waals surface area contributed by atoms with Gasteiger partial charge in [-0.15, -0.1) is 0 Å². The van der Waals surface area contributed by atoms with Gasteiger partial charge in [0.1, 0.15) is 5.37 Å². The summed E-state index contributed by atoms with van der Waals surface area (Å²) in [5.41, 5.74) is -0.816. The molecule has 0 radical (unpaired) electrons. The lowest BCUT2D eigenvalue weighted by Crippen LogP contribution is -2.45. The number of alkyl carbamates (subject to hydrolysis) is 1. The standard InChI is InChI=1S/C13H16N2O3S/c1-3-18-12(16)14-11-13(17,15-9(2)19-11)10-7-5-4-6-8-10/h4-8,11,17H,3H2,1-2H3,(H,14,16)/t11-,13+/m1/s1. The summed E-state index contributed by atoms with van der Waals surface area (Å²) in [5.74, 6) is 0. The van der Waals surface area contributed by atoms with Crippen LogP contribution >= 0.6 is 11.8 Å². The molecule has 5 nitrogen and oxygen atoms in total. The second kappa shape index (κ2) is 5.63. The molecular weight excluding hydrogens is 264 g/mol. The zero-order valence-corrected chi connectivity index (χ0v) is 11.6. The number of carbonyl (C=O) groups excluding carboxylic acids is 1. The van der Waals surface area contributed by atoms with Gasteiger partial charge in [-0.05, 0) is 13.8 Å². The average molecular weight is 280 g/mol. The van der Waals surface area contributed by atoms with E-state index < -0.39 is 17.2 Å². The van der Waals surface area contributed by atoms with Crippen LogP contribution in [0.4, 0.5) is 4.79 Å². The van der Waals surface area contributed by atoms with Crippen LogP contribution in [0.2, 0.25) is 0 Å². The Morgan fingerprint density at radius 2 is 2.21 bits per heavy atom. The summed E-state index contributed by atoms with van der Waals surface area (Å²) in [4.78, 5) is 15.8. The highest BCUT2D eigenvalue weighted by Gasteiger charge is 2.45. The van der Waals surface area contributed by atoms with E-state index in [-0.39, 0.29) is 6.61 Å². The van der Waals surface area contributed by atoms with Crippen LogP contribution in [0.5, 0.6) is 0 Å². The van der Waals surface area contributed by atoms with Crippen molar-refractivity contribution in [2.45, 2.75) is 24.9 Å². The number of nitrogens with one attached hydrogen (secondary N) is 1. The topological polar surface area (TPSA) is 70.9 Å². The molecule has 0 bridgehead atoms. The van der Waals surface area contributed by atoms with Crippen molar-refractivity contribution in [2.75, 3.05) is 6.61 Å². The molecule has 0 saturated carbocycles. The normalized spacial score (nSPS) is 25.8. The van der Waals surface area contributed by atoms with Gasteiger partial charge in [-0.2, -0.15) is 0 Å². The zero-order chi connectivity index (χ0) is 13.9. The second-order valence-corrected chi connectivity index (χ2v) is 5.38. The highest BCUT2D eigenvalue weighted by Crippen LogP contribution is 2.39. The van der Waals surface area contributed by atoms with E-state index in [4.69, 9.17) is 4.74 Å². The van der Waals surface area contributed by atoms with Crippen molar-refractivity contribution < 1.29 is 14.6 Å². The molecule has 1 aromatic rings. The molecule has 1 aliphatic rings. The first-order valence-electron chi connectivity index (χ1n) is 6.00. The van der Waals surface area contributed by atoms with Crippen molar-refractivity contribution in [1.29, 1.82) is 0 Å². The molecule has 102 valence electrons. The van der Waals surface area contributed by atoms with Crippen molar-refractivity contribution in [1.82, 2.24) is 5.32 Å². The minimum absolute atomic E-state index is 0.285. The Labute approximate surface area is 116 Å². The van der Waals surface area contributed by atoms with Crippen LogP contribution in [0.1, 0.15) is 19.4 Å². The SMILES string of the molecule is CCOC(=O)N[C@@H]1SC(C)=N[C@]1(O)c1ccccc1. The van der Waals surface area contributed by atoms with Crippen molar-refractivity contribution in [3.8, 4) is 0 Å². The van der Waals surface area contributed by atoms with Gasteiger partial charge < -0.3 is 15.2 Å². The number of hydrogen-bond donors (Lipinski definition) is 2. The smallest absolute Gasteiger partial charge is 0.408 e. The van der Waals surface area contributed by atoms with Crippen molar-refractivity contribution >= 4 is 22.9 Å². The van der Waals surface area contributed by atoms with Gasteiger partial charge in [0.25, 0.3) is 0 Å². The third-order valence-corrected chi connectivity index (χ3v) is 3.82. The molecule has 2 N–H and O–H groups in total. The van der Waals surface area contributed by atoms with Crippen LogP contribution in [0.3, 0.4) is 0 Å². The predicted molar refractivity (Wildman–Crippen MR) is 75.0 cm³/mol. The van der Waals surface area contributed by atoms with E-state index >= 15 is 0 Å². The number of thioether (sulfide) groups is 1. The largest absolute Gasteiger partial charge is 0.450 e. The van der Waals surface area contributed by atoms with Gasteiger partial charge in [0.05, 0.1) is 11.7 Å². The van der Waals surface area contributed by atoms with Gasteiger partial charge in [-0.1, -0.05) is 42.1 Å². The summed E-state index contributed by atoms with van der Waals surface area (Å²) in [5, 5.41) is 13.5. The predicted octanol–water partition coefficient (Wildman–Crippen LogP) is 2.07. The lowest BCUT2D eigenvalue weighted by atomic mass is 10.0. The Kier molecular flexibility index (Phi) is 4.11. The first kappa shape index (κ1) is 13.9. The highest BCUT2D eigenvalue weighted by molar-refractivity contribution is 8.14. The molecule has 0 fully saturated rings. The summed E-state index contributed by atoms with van der Waals surface area (Å²) in [6.45, 7) is 3.81. The van der Waals surface area contributed by atoms with E-state index in [1.54, 1.807) is 26.0 Å². The van der Waals surface area contributed by atoms with Crippen molar-refractivity contribution in [2.24, 2.45) is 4.99 Å². The van der Waals surface area contributed by atoms with Gasteiger partial charge in [0.2, 0.25) is 5.72 Å². The number of aliphatic imine (C=N–C) groups is 1. The molecule has 19 heavy (non-hydrogen) atoms. The lowest BCUT2D eigenvalue weighted by molar-refractivity contribution is 0.0361. The summed E-state index contributed by atoms with van der Waals surface area (Å²) in [7, 11) is 0. The maximum Gasteiger partial charge on any atom is 0.408 e. The molecule has 6 heteroatoms. The molecule has 1 aromatic carbocycles. The molecular formula is C13H16N2O3S. The van der Waals surface area contributed by atoms with Gasteiger partial charge in [-0.3, -0.25) is 0 Å². The van der Waals surface area contributed by atoms with Crippen molar-refractivity contribution in [3.63, 3.8) is 0 Å². The fourth-order valence-corrected chi connectivity index (χ4v) is 2.93. The molecule has 1 amide bonds. The number of amides is 1. The Morgan fingerprint density at radius 3 is 2.84 bits per heavy atom. The minimum atomic E-state index is -1.46. The van der Waals surface area contributed by atoms with Crippen LogP contribution in [0.15, 0.2) is 35.3 Å². The quantitative estimate of drug-likeness (QED) is 0.889. The van der Waals surface area contributed by atoms with E-state index in [2.05, 4.69) is 10.3 Å². The Morgan fingerprint density at radius 1 is 1.53 bits per heavy atom. The number of carbonyl (C=O) groups is 1. The number of nitrogens with zero attached hydrogens (tertiary/aromatic N) is 1. The summed E-state index contributed by atoms with van der Waals surface area (Å²) < 4.78 is 4.84. The highest BCUT2D eigenvalue weighted by atomic mass is 32.2. The molecule has 0 spiro atoms. The van der Waals surface area contributed by atoms with Crippen LogP contribution < -0.4 is 5.32 Å². The minimum Gasteiger partial charge on any atom is -0.450 e. The van der Waals surface area contributed by atoms with Crippen LogP contribution in [-0.4, -0.2) is 28.2 Å².